The van der Waals surface area contributed by atoms with Crippen molar-refractivity contribution in [2.75, 3.05) is 56.5 Å². The van der Waals surface area contributed by atoms with Gasteiger partial charge in [-0.1, -0.05) is 19.8 Å². The number of carbonyl (C=O) groups is 1. The molecule has 3 rings (SSSR count). The van der Waals surface area contributed by atoms with Crippen molar-refractivity contribution in [1.29, 1.82) is 0 Å². The van der Waals surface area contributed by atoms with Gasteiger partial charge in [0, 0.05) is 44.3 Å². The highest BCUT2D eigenvalue weighted by Gasteiger charge is 2.31. The molecule has 0 aliphatic carbocycles. The number of rotatable bonds is 11. The number of nitrogens with two attached hydrogens (primary N) is 1. The van der Waals surface area contributed by atoms with E-state index in [1.54, 1.807) is 4.90 Å². The van der Waals surface area contributed by atoms with E-state index < -0.39 is 0 Å². The molecule has 0 unspecified atom stereocenters. The summed E-state index contributed by atoms with van der Waals surface area (Å²) >= 11 is 0. The van der Waals surface area contributed by atoms with Gasteiger partial charge in [0.1, 0.15) is 11.6 Å². The lowest BCUT2D eigenvalue weighted by Gasteiger charge is -2.36. The largest absolute Gasteiger partial charge is 0.463 e. The Kier molecular flexibility index (Phi) is 8.27. The number of fused-ring (bicyclic) bond motifs is 1. The van der Waals surface area contributed by atoms with Crippen molar-refractivity contribution in [3.63, 3.8) is 0 Å². The third-order valence-corrected chi connectivity index (χ3v) is 6.10. The quantitative estimate of drug-likeness (QED) is 0.552. The summed E-state index contributed by atoms with van der Waals surface area (Å²) in [6, 6.07) is 0.920. The molecule has 1 aromatic heterocycles. The minimum atomic E-state index is 0.0570. The van der Waals surface area contributed by atoms with Crippen molar-refractivity contribution in [2.45, 2.75) is 65.3 Å². The van der Waals surface area contributed by atoms with E-state index >= 15 is 0 Å². The van der Waals surface area contributed by atoms with Gasteiger partial charge in [0.15, 0.2) is 0 Å². The standard InChI is InChI=1S/C22H38N6O2/c1-4-5-15-30-22-24-20(23)18-16-19(29)28(21(18)25-22)10-8-6-7-9-26-11-13-27(14-12-26)17(2)3/h17H,4-16H2,1-3H3,(H2,23,24,25). The van der Waals surface area contributed by atoms with E-state index in [9.17, 15) is 4.79 Å². The third-order valence-electron chi connectivity index (χ3n) is 6.10. The van der Waals surface area contributed by atoms with Gasteiger partial charge in [-0.05, 0) is 39.7 Å². The van der Waals surface area contributed by atoms with Crippen molar-refractivity contribution in [3.05, 3.63) is 5.56 Å². The fourth-order valence-corrected chi connectivity index (χ4v) is 4.11. The van der Waals surface area contributed by atoms with Crippen LogP contribution in [0, 0.1) is 0 Å². The number of nitrogens with zero attached hydrogens (tertiary/aromatic N) is 5. The molecule has 0 aromatic carbocycles. The van der Waals surface area contributed by atoms with Gasteiger partial charge in [-0.15, -0.1) is 0 Å². The van der Waals surface area contributed by atoms with Gasteiger partial charge in [-0.2, -0.15) is 9.97 Å². The minimum absolute atomic E-state index is 0.0570. The van der Waals surface area contributed by atoms with Crippen LogP contribution in [0.15, 0.2) is 0 Å². The maximum Gasteiger partial charge on any atom is 0.320 e. The fraction of sp³-hybridized carbons (Fsp3) is 0.773. The van der Waals surface area contributed by atoms with Gasteiger partial charge in [-0.3, -0.25) is 14.6 Å². The van der Waals surface area contributed by atoms with Crippen LogP contribution in [0.2, 0.25) is 0 Å². The number of ether oxygens (including phenoxy) is 1. The molecule has 0 saturated carbocycles. The SMILES string of the molecule is CCCCOc1nc(N)c2c(n1)N(CCCCCN1CCN(C(C)C)CC1)C(=O)C2. The molecule has 0 spiro atoms. The van der Waals surface area contributed by atoms with Crippen molar-refractivity contribution in [1.82, 2.24) is 19.8 Å². The molecule has 8 heteroatoms. The van der Waals surface area contributed by atoms with Crippen LogP contribution < -0.4 is 15.4 Å². The Morgan fingerprint density at radius 2 is 1.77 bits per heavy atom. The first kappa shape index (κ1) is 22.7. The fourth-order valence-electron chi connectivity index (χ4n) is 4.11. The second kappa shape index (κ2) is 10.9. The van der Waals surface area contributed by atoms with Crippen molar-refractivity contribution in [3.8, 4) is 6.01 Å². The Bertz CT molecular complexity index is 703. The maximum atomic E-state index is 12.5. The van der Waals surface area contributed by atoms with Crippen molar-refractivity contribution >= 4 is 17.5 Å². The van der Waals surface area contributed by atoms with Crippen molar-refractivity contribution < 1.29 is 9.53 Å². The zero-order valence-electron chi connectivity index (χ0n) is 18.9. The molecular weight excluding hydrogens is 380 g/mol. The summed E-state index contributed by atoms with van der Waals surface area (Å²) in [7, 11) is 0. The van der Waals surface area contributed by atoms with E-state index in [4.69, 9.17) is 10.5 Å². The molecule has 0 atom stereocenters. The molecule has 2 aliphatic heterocycles. The number of unbranched alkanes of at least 4 members (excludes halogenated alkanes) is 3. The van der Waals surface area contributed by atoms with Crippen LogP contribution >= 0.6 is 0 Å². The summed E-state index contributed by atoms with van der Waals surface area (Å²) in [5.74, 6) is 1.06. The van der Waals surface area contributed by atoms with E-state index in [1.807, 2.05) is 0 Å². The number of amides is 1. The third kappa shape index (κ3) is 5.82. The van der Waals surface area contributed by atoms with Gasteiger partial charge in [-0.25, -0.2) is 0 Å². The predicted octanol–water partition coefficient (Wildman–Crippen LogP) is 2.32. The number of aromatic nitrogens is 2. The van der Waals surface area contributed by atoms with Gasteiger partial charge >= 0.3 is 6.01 Å². The zero-order chi connectivity index (χ0) is 21.5. The smallest absolute Gasteiger partial charge is 0.320 e. The van der Waals surface area contributed by atoms with E-state index in [2.05, 4.69) is 40.5 Å². The Morgan fingerprint density at radius 1 is 1.03 bits per heavy atom. The van der Waals surface area contributed by atoms with Gasteiger partial charge in [0.05, 0.1) is 13.0 Å². The van der Waals surface area contributed by atoms with E-state index in [1.165, 1.54) is 13.1 Å². The summed E-state index contributed by atoms with van der Waals surface area (Å²) in [5.41, 5.74) is 6.81. The topological polar surface area (TPSA) is 87.8 Å². The Balaban J connectivity index is 1.43. The van der Waals surface area contributed by atoms with Crippen LogP contribution in [0.4, 0.5) is 11.6 Å². The predicted molar refractivity (Wildman–Crippen MR) is 120 cm³/mol. The maximum absolute atomic E-state index is 12.5. The van der Waals surface area contributed by atoms with Crippen LogP contribution in [0.1, 0.15) is 58.4 Å². The van der Waals surface area contributed by atoms with Crippen LogP contribution in [-0.4, -0.2) is 77.6 Å². The Labute approximate surface area is 180 Å². The first-order chi connectivity index (χ1) is 14.5. The number of anilines is 2. The average molecular weight is 419 g/mol. The van der Waals surface area contributed by atoms with Crippen LogP contribution in [-0.2, 0) is 11.2 Å². The number of hydrogen-bond acceptors (Lipinski definition) is 7. The second-order valence-corrected chi connectivity index (χ2v) is 8.65. The monoisotopic (exact) mass is 418 g/mol. The van der Waals surface area contributed by atoms with E-state index in [-0.39, 0.29) is 18.3 Å². The Hall–Kier alpha value is -1.93. The molecule has 0 radical (unpaired) electrons. The molecule has 1 saturated heterocycles. The highest BCUT2D eigenvalue weighted by molar-refractivity contribution is 6.01. The first-order valence-electron chi connectivity index (χ1n) is 11.6. The minimum Gasteiger partial charge on any atom is -0.463 e. The summed E-state index contributed by atoms with van der Waals surface area (Å²) in [4.78, 5) is 28.1. The van der Waals surface area contributed by atoms with Gasteiger partial charge in [0.25, 0.3) is 0 Å². The average Bonchev–Trinajstić information content (AvgIpc) is 3.04. The Morgan fingerprint density at radius 3 is 2.47 bits per heavy atom. The summed E-state index contributed by atoms with van der Waals surface area (Å²) < 4.78 is 5.62. The van der Waals surface area contributed by atoms with Crippen LogP contribution in [0.5, 0.6) is 6.01 Å². The molecule has 2 aliphatic rings. The summed E-state index contributed by atoms with van der Waals surface area (Å²) in [6.07, 6.45) is 5.50. The summed E-state index contributed by atoms with van der Waals surface area (Å²) in [6.45, 7) is 13.7. The van der Waals surface area contributed by atoms with E-state index in [0.29, 0.717) is 30.8 Å². The number of hydrogen-bond donors (Lipinski definition) is 1. The first-order valence-corrected chi connectivity index (χ1v) is 11.6. The number of carbonyl (C=O) groups excluding carboxylic acids is 1. The van der Waals surface area contributed by atoms with Crippen molar-refractivity contribution in [2.24, 2.45) is 0 Å². The van der Waals surface area contributed by atoms with Crippen LogP contribution in [0.25, 0.3) is 0 Å². The molecule has 0 bridgehead atoms. The molecule has 30 heavy (non-hydrogen) atoms. The lowest BCUT2D eigenvalue weighted by molar-refractivity contribution is -0.117. The molecule has 8 nitrogen and oxygen atoms in total. The van der Waals surface area contributed by atoms with Gasteiger partial charge < -0.3 is 15.4 Å². The second-order valence-electron chi connectivity index (χ2n) is 8.65. The highest BCUT2D eigenvalue weighted by Crippen LogP contribution is 2.32. The molecular formula is C22H38N6O2. The molecule has 168 valence electrons. The lowest BCUT2D eigenvalue weighted by atomic mass is 10.2. The molecule has 1 fully saturated rings. The summed E-state index contributed by atoms with van der Waals surface area (Å²) in [5, 5.41) is 0. The molecule has 2 N–H and O–H groups in total. The number of nitrogen functional groups attached to an aromatic ring is 1. The highest BCUT2D eigenvalue weighted by atomic mass is 16.5. The lowest BCUT2D eigenvalue weighted by Crippen LogP contribution is -2.48. The molecule has 1 aromatic rings. The molecule has 1 amide bonds. The van der Waals surface area contributed by atoms with Gasteiger partial charge in [0.2, 0.25) is 5.91 Å². The molecule has 3 heterocycles. The normalized spacial score (nSPS) is 17.7. The number of piperazine rings is 1. The zero-order valence-corrected chi connectivity index (χ0v) is 18.9. The van der Waals surface area contributed by atoms with Crippen LogP contribution in [0.3, 0.4) is 0 Å². The van der Waals surface area contributed by atoms with E-state index in [0.717, 1.165) is 57.3 Å².